The van der Waals surface area contributed by atoms with Crippen molar-refractivity contribution in [3.63, 3.8) is 0 Å². The monoisotopic (exact) mass is 256 g/mol. The van der Waals surface area contributed by atoms with Crippen LogP contribution in [0, 0.1) is 5.92 Å². The van der Waals surface area contributed by atoms with Gasteiger partial charge in [0, 0.05) is 12.1 Å². The van der Waals surface area contributed by atoms with E-state index in [9.17, 15) is 9.59 Å². The highest BCUT2D eigenvalue weighted by Crippen LogP contribution is 2.38. The summed E-state index contributed by atoms with van der Waals surface area (Å²) < 4.78 is 0. The number of amides is 2. The smallest absolute Gasteiger partial charge is 0.248 e. The van der Waals surface area contributed by atoms with Crippen molar-refractivity contribution in [2.75, 3.05) is 6.54 Å². The molecule has 1 saturated heterocycles. The normalized spacial score (nSPS) is 28.6. The van der Waals surface area contributed by atoms with Gasteiger partial charge in [0.05, 0.1) is 0 Å². The molecule has 1 unspecified atom stereocenters. The molecule has 94 valence electrons. The van der Waals surface area contributed by atoms with E-state index in [1.165, 1.54) is 5.54 Å². The minimum absolute atomic E-state index is 0.0382. The highest BCUT2D eigenvalue weighted by molar-refractivity contribution is 6.25. The highest BCUT2D eigenvalue weighted by Gasteiger charge is 2.50. The van der Waals surface area contributed by atoms with Crippen molar-refractivity contribution >= 4 is 23.4 Å². The van der Waals surface area contributed by atoms with Gasteiger partial charge in [0.2, 0.25) is 11.8 Å². The van der Waals surface area contributed by atoms with E-state index in [4.69, 9.17) is 11.6 Å². The second-order valence-corrected chi connectivity index (χ2v) is 5.47. The van der Waals surface area contributed by atoms with Crippen molar-refractivity contribution in [2.45, 2.75) is 38.3 Å². The summed E-state index contributed by atoms with van der Waals surface area (Å²) in [7, 11) is 0. The fraction of sp³-hybridized carbons (Fsp3) is 0.667. The first-order valence-corrected chi connectivity index (χ1v) is 6.29. The molecule has 1 heterocycles. The first-order chi connectivity index (χ1) is 7.97. The molecule has 1 aliphatic heterocycles. The maximum Gasteiger partial charge on any atom is 0.248 e. The molecule has 2 rings (SSSR count). The van der Waals surface area contributed by atoms with E-state index in [0.717, 1.165) is 12.8 Å². The molecule has 1 saturated carbocycles. The van der Waals surface area contributed by atoms with Crippen molar-refractivity contribution in [2.24, 2.45) is 5.92 Å². The van der Waals surface area contributed by atoms with Crippen molar-refractivity contribution < 1.29 is 9.59 Å². The van der Waals surface area contributed by atoms with Gasteiger partial charge in [-0.2, -0.15) is 0 Å². The topological polar surface area (TPSA) is 49.4 Å². The number of hydrogen-bond acceptors (Lipinski definition) is 2. The number of hydrogen-bond donors (Lipinski definition) is 1. The van der Waals surface area contributed by atoms with E-state index < -0.39 is 5.54 Å². The molecule has 0 radical (unpaired) electrons. The Kier molecular flexibility index (Phi) is 3.17. The van der Waals surface area contributed by atoms with E-state index in [0.29, 0.717) is 12.5 Å². The maximum atomic E-state index is 12.3. The Balaban J connectivity index is 2.24. The van der Waals surface area contributed by atoms with E-state index in [2.05, 4.69) is 5.32 Å². The van der Waals surface area contributed by atoms with E-state index in [-0.39, 0.29) is 17.9 Å². The van der Waals surface area contributed by atoms with Crippen molar-refractivity contribution in [3.8, 4) is 0 Å². The zero-order chi connectivity index (χ0) is 12.6. The van der Waals surface area contributed by atoms with Crippen LogP contribution >= 0.6 is 11.6 Å². The number of piperazine rings is 1. The third-order valence-electron chi connectivity index (χ3n) is 3.30. The fourth-order valence-electron chi connectivity index (χ4n) is 2.29. The fourth-order valence-corrected chi connectivity index (χ4v) is 2.37. The molecular weight excluding hydrogens is 240 g/mol. The standard InChI is InChI=1S/C12H17ClN2O2/c1-12(2)11(17)15(7-3-6-13)9(8-4-5-8)10(16)14-12/h3,6,8-9H,4-5,7H2,1-2H3,(H,14,16)/b6-3+. The Labute approximate surface area is 106 Å². The summed E-state index contributed by atoms with van der Waals surface area (Å²) >= 11 is 5.50. The van der Waals surface area contributed by atoms with Gasteiger partial charge in [-0.1, -0.05) is 17.7 Å². The van der Waals surface area contributed by atoms with E-state index in [1.54, 1.807) is 24.8 Å². The van der Waals surface area contributed by atoms with Crippen LogP contribution in [0.1, 0.15) is 26.7 Å². The predicted octanol–water partition coefficient (Wildman–Crippen LogP) is 1.25. The largest absolute Gasteiger partial charge is 0.340 e. The van der Waals surface area contributed by atoms with Gasteiger partial charge < -0.3 is 10.2 Å². The average molecular weight is 257 g/mol. The Bertz CT molecular complexity index is 375. The summed E-state index contributed by atoms with van der Waals surface area (Å²) in [5.41, 5.74) is 0.569. The van der Waals surface area contributed by atoms with Gasteiger partial charge in [0.1, 0.15) is 11.6 Å². The van der Waals surface area contributed by atoms with Crippen LogP contribution in [0.15, 0.2) is 11.6 Å². The number of nitrogens with zero attached hydrogens (tertiary/aromatic N) is 1. The minimum Gasteiger partial charge on any atom is -0.340 e. The average Bonchev–Trinajstić information content (AvgIpc) is 3.04. The minimum atomic E-state index is -0.817. The maximum absolute atomic E-state index is 12.3. The molecule has 1 N–H and O–H groups in total. The van der Waals surface area contributed by atoms with Crippen molar-refractivity contribution in [1.82, 2.24) is 10.2 Å². The molecule has 0 aromatic carbocycles. The molecular formula is C12H17ClN2O2. The van der Waals surface area contributed by atoms with Gasteiger partial charge in [0.15, 0.2) is 0 Å². The zero-order valence-corrected chi connectivity index (χ0v) is 10.8. The lowest BCUT2D eigenvalue weighted by Gasteiger charge is -2.42. The van der Waals surface area contributed by atoms with Crippen LogP contribution in [0.25, 0.3) is 0 Å². The van der Waals surface area contributed by atoms with Crippen molar-refractivity contribution in [1.29, 1.82) is 0 Å². The Hall–Kier alpha value is -1.03. The molecule has 0 bridgehead atoms. The third-order valence-corrected chi connectivity index (χ3v) is 3.47. The van der Waals surface area contributed by atoms with Crippen LogP contribution in [0.4, 0.5) is 0 Å². The Morgan fingerprint density at radius 1 is 1.47 bits per heavy atom. The second kappa shape index (κ2) is 4.33. The second-order valence-electron chi connectivity index (χ2n) is 5.22. The summed E-state index contributed by atoms with van der Waals surface area (Å²) in [4.78, 5) is 26.0. The molecule has 5 heteroatoms. The lowest BCUT2D eigenvalue weighted by molar-refractivity contribution is -0.153. The number of nitrogens with one attached hydrogen (secondary N) is 1. The molecule has 0 aromatic heterocycles. The number of carbonyl (C=O) groups is 2. The number of halogens is 1. The van der Waals surface area contributed by atoms with Gasteiger partial charge in [-0.3, -0.25) is 9.59 Å². The summed E-state index contributed by atoms with van der Waals surface area (Å²) in [6, 6.07) is -0.316. The van der Waals surface area contributed by atoms with Crippen LogP contribution in [-0.2, 0) is 9.59 Å². The summed E-state index contributed by atoms with van der Waals surface area (Å²) in [6.07, 6.45) is 3.74. The Morgan fingerprint density at radius 2 is 2.12 bits per heavy atom. The lowest BCUT2D eigenvalue weighted by atomic mass is 9.95. The predicted molar refractivity (Wildman–Crippen MR) is 65.4 cm³/mol. The molecule has 2 aliphatic rings. The van der Waals surface area contributed by atoms with Crippen molar-refractivity contribution in [3.05, 3.63) is 11.6 Å². The summed E-state index contributed by atoms with van der Waals surface area (Å²) in [5, 5.41) is 2.80. The van der Waals surface area contributed by atoms with Gasteiger partial charge >= 0.3 is 0 Å². The number of rotatable bonds is 3. The SMILES string of the molecule is CC1(C)NC(=O)C(C2CC2)N(C/C=C/Cl)C1=O. The molecule has 1 atom stereocenters. The van der Waals surface area contributed by atoms with Gasteiger partial charge in [-0.15, -0.1) is 0 Å². The lowest BCUT2D eigenvalue weighted by Crippen LogP contribution is -2.68. The van der Waals surface area contributed by atoms with Gasteiger partial charge in [0.25, 0.3) is 0 Å². The third kappa shape index (κ3) is 2.32. The van der Waals surface area contributed by atoms with Gasteiger partial charge in [-0.05, 0) is 32.6 Å². The summed E-state index contributed by atoms with van der Waals surface area (Å²) in [5.74, 6) is 0.239. The molecule has 4 nitrogen and oxygen atoms in total. The van der Waals surface area contributed by atoms with Crippen LogP contribution < -0.4 is 5.32 Å². The number of carbonyl (C=O) groups excluding carboxylic acids is 2. The highest BCUT2D eigenvalue weighted by atomic mass is 35.5. The van der Waals surface area contributed by atoms with Gasteiger partial charge in [-0.25, -0.2) is 0 Å². The van der Waals surface area contributed by atoms with Crippen LogP contribution in [0.3, 0.4) is 0 Å². The Morgan fingerprint density at radius 3 is 2.65 bits per heavy atom. The summed E-state index contributed by atoms with van der Waals surface area (Å²) in [6.45, 7) is 3.86. The molecule has 2 fully saturated rings. The van der Waals surface area contributed by atoms with E-state index >= 15 is 0 Å². The van der Waals surface area contributed by atoms with Crippen LogP contribution in [0.2, 0.25) is 0 Å². The quantitative estimate of drug-likeness (QED) is 0.826. The first-order valence-electron chi connectivity index (χ1n) is 5.85. The van der Waals surface area contributed by atoms with Crippen LogP contribution in [-0.4, -0.2) is 34.8 Å². The molecule has 0 aromatic rings. The molecule has 1 aliphatic carbocycles. The molecule has 17 heavy (non-hydrogen) atoms. The van der Waals surface area contributed by atoms with Crippen LogP contribution in [0.5, 0.6) is 0 Å². The molecule has 2 amide bonds. The first kappa shape index (κ1) is 12.4. The molecule has 0 spiro atoms. The zero-order valence-electron chi connectivity index (χ0n) is 10.1. The van der Waals surface area contributed by atoms with E-state index in [1.807, 2.05) is 0 Å².